The number of nitrogens with zero attached hydrogens (tertiary/aromatic N) is 2. The SMILES string of the molecule is O=C(NC(CNC(=O)c1cn(CCc2ccccc2)c2c(F)c(CNC3N=CCCN3)c(F)cc2c1=O)C(=O)O)OCc1ccccc1. The average molecular weight is 661 g/mol. The molecule has 2 unspecified atom stereocenters. The highest BCUT2D eigenvalue weighted by atomic mass is 19.1. The third kappa shape index (κ3) is 8.46. The van der Waals surface area contributed by atoms with Gasteiger partial charge in [0, 0.05) is 44.2 Å². The molecule has 0 bridgehead atoms. The second kappa shape index (κ2) is 15.9. The topological polar surface area (TPSA) is 163 Å². The van der Waals surface area contributed by atoms with Gasteiger partial charge >= 0.3 is 12.1 Å². The van der Waals surface area contributed by atoms with Gasteiger partial charge in [0.25, 0.3) is 5.91 Å². The van der Waals surface area contributed by atoms with Gasteiger partial charge in [-0.3, -0.25) is 25.2 Å². The molecule has 250 valence electrons. The normalized spacial score (nSPS) is 14.8. The first kappa shape index (κ1) is 33.9. The van der Waals surface area contributed by atoms with Crippen molar-refractivity contribution >= 4 is 35.1 Å². The van der Waals surface area contributed by atoms with E-state index in [1.807, 2.05) is 30.3 Å². The number of carboxylic acids is 1. The molecule has 2 amide bonds. The number of alkyl carbamates (subject to hydrolysis) is 1. The number of aromatic nitrogens is 1. The number of rotatable bonds is 13. The van der Waals surface area contributed by atoms with Crippen LogP contribution in [0.2, 0.25) is 0 Å². The highest BCUT2D eigenvalue weighted by Crippen LogP contribution is 2.24. The smallest absolute Gasteiger partial charge is 0.408 e. The maximum absolute atomic E-state index is 16.1. The van der Waals surface area contributed by atoms with Crippen LogP contribution in [-0.4, -0.2) is 59.3 Å². The molecule has 0 saturated carbocycles. The van der Waals surface area contributed by atoms with Gasteiger partial charge in [0.2, 0.25) is 5.43 Å². The predicted octanol–water partition coefficient (Wildman–Crippen LogP) is 3.07. The fourth-order valence-corrected chi connectivity index (χ4v) is 5.16. The van der Waals surface area contributed by atoms with Crippen molar-refractivity contribution in [2.45, 2.75) is 44.9 Å². The Balaban J connectivity index is 1.38. The molecule has 2 atom stereocenters. The number of carbonyl (C=O) groups excluding carboxylic acids is 2. The number of carbonyl (C=O) groups is 3. The minimum Gasteiger partial charge on any atom is -0.480 e. The van der Waals surface area contributed by atoms with E-state index in [1.54, 1.807) is 36.5 Å². The first-order valence-corrected chi connectivity index (χ1v) is 15.3. The van der Waals surface area contributed by atoms with Gasteiger partial charge in [0.15, 0.2) is 12.1 Å². The van der Waals surface area contributed by atoms with E-state index in [1.165, 1.54) is 10.8 Å². The molecule has 12 nitrogen and oxygen atoms in total. The molecule has 0 spiro atoms. The zero-order valence-electron chi connectivity index (χ0n) is 25.7. The molecule has 5 N–H and O–H groups in total. The van der Waals surface area contributed by atoms with E-state index in [2.05, 4.69) is 26.3 Å². The third-order valence-corrected chi connectivity index (χ3v) is 7.69. The summed E-state index contributed by atoms with van der Waals surface area (Å²) in [7, 11) is 0. The zero-order chi connectivity index (χ0) is 34.0. The van der Waals surface area contributed by atoms with Gasteiger partial charge < -0.3 is 25.0 Å². The number of benzene rings is 3. The summed E-state index contributed by atoms with van der Waals surface area (Å²) >= 11 is 0. The lowest BCUT2D eigenvalue weighted by Crippen LogP contribution is -2.49. The average Bonchev–Trinajstić information content (AvgIpc) is 3.10. The van der Waals surface area contributed by atoms with Gasteiger partial charge in [-0.1, -0.05) is 60.7 Å². The number of aryl methyl sites for hydroxylation is 2. The van der Waals surface area contributed by atoms with Crippen molar-refractivity contribution in [2.24, 2.45) is 4.99 Å². The number of fused-ring (bicyclic) bond motifs is 1. The second-order valence-electron chi connectivity index (χ2n) is 11.0. The Bertz CT molecular complexity index is 1870. The summed E-state index contributed by atoms with van der Waals surface area (Å²) in [6.45, 7) is -0.176. The molecule has 1 aliphatic rings. The van der Waals surface area contributed by atoms with E-state index in [-0.39, 0.29) is 36.2 Å². The number of halogens is 2. The molecule has 0 aliphatic carbocycles. The first-order chi connectivity index (χ1) is 23.2. The van der Waals surface area contributed by atoms with Crippen molar-refractivity contribution in [2.75, 3.05) is 13.1 Å². The standard InChI is InChI=1S/C34H34F2N6O6/c35-26-16-23-29(28(36)24(26)17-40-33-37-13-7-14-38-33)42(15-12-21-8-3-1-4-9-21)19-25(30(23)43)31(44)39-18-27(32(45)46)41-34(47)48-20-22-10-5-2-6-11-22/h1-6,8-11,13,16,19,27,33,38,40H,7,12,14-15,17-18,20H2,(H,39,44)(H,41,47)(H,45,46). The summed E-state index contributed by atoms with van der Waals surface area (Å²) in [6, 6.07) is 17.3. The van der Waals surface area contributed by atoms with Crippen molar-refractivity contribution in [3.8, 4) is 0 Å². The van der Waals surface area contributed by atoms with Gasteiger partial charge in [0.05, 0.1) is 10.9 Å². The van der Waals surface area contributed by atoms with Gasteiger partial charge in [-0.15, -0.1) is 0 Å². The maximum atomic E-state index is 16.1. The monoisotopic (exact) mass is 660 g/mol. The van der Waals surface area contributed by atoms with Crippen LogP contribution in [0, 0.1) is 11.6 Å². The molecule has 14 heteroatoms. The molecule has 2 heterocycles. The van der Waals surface area contributed by atoms with Crippen LogP contribution in [0.4, 0.5) is 13.6 Å². The number of amides is 2. The largest absolute Gasteiger partial charge is 0.480 e. The fraction of sp³-hybridized carbons (Fsp3) is 0.265. The Morgan fingerprint density at radius 1 is 1.06 bits per heavy atom. The number of hydrogen-bond acceptors (Lipinski definition) is 8. The maximum Gasteiger partial charge on any atom is 0.408 e. The van der Waals surface area contributed by atoms with E-state index >= 15 is 8.78 Å². The van der Waals surface area contributed by atoms with E-state index in [4.69, 9.17) is 4.74 Å². The van der Waals surface area contributed by atoms with Crippen LogP contribution in [0.3, 0.4) is 0 Å². The molecule has 0 radical (unpaired) electrons. The summed E-state index contributed by atoms with van der Waals surface area (Å²) in [4.78, 5) is 55.1. The van der Waals surface area contributed by atoms with Crippen molar-refractivity contribution in [3.63, 3.8) is 0 Å². The molecular weight excluding hydrogens is 626 g/mol. The molecule has 48 heavy (non-hydrogen) atoms. The summed E-state index contributed by atoms with van der Waals surface area (Å²) in [6.07, 6.45) is 2.44. The van der Waals surface area contributed by atoms with E-state index in [0.29, 0.717) is 18.5 Å². The van der Waals surface area contributed by atoms with Crippen LogP contribution in [0.15, 0.2) is 82.7 Å². The number of aliphatic carboxylic acids is 1. The van der Waals surface area contributed by atoms with Gasteiger partial charge in [-0.2, -0.15) is 0 Å². The van der Waals surface area contributed by atoms with Crippen LogP contribution >= 0.6 is 0 Å². The van der Waals surface area contributed by atoms with Gasteiger partial charge in [0.1, 0.15) is 24.0 Å². The highest BCUT2D eigenvalue weighted by molar-refractivity contribution is 5.98. The minimum absolute atomic E-state index is 0.110. The molecular formula is C34H34F2N6O6. The lowest BCUT2D eigenvalue weighted by atomic mass is 10.0. The van der Waals surface area contributed by atoms with Crippen molar-refractivity contribution in [1.82, 2.24) is 25.8 Å². The molecule has 3 aromatic carbocycles. The molecule has 1 aromatic heterocycles. The van der Waals surface area contributed by atoms with Gasteiger partial charge in [-0.25, -0.2) is 18.4 Å². The number of pyridine rings is 1. The lowest BCUT2D eigenvalue weighted by Gasteiger charge is -2.20. The lowest BCUT2D eigenvalue weighted by molar-refractivity contribution is -0.139. The number of ether oxygens (including phenoxy) is 1. The summed E-state index contributed by atoms with van der Waals surface area (Å²) in [5, 5.41) is 19.8. The van der Waals surface area contributed by atoms with Crippen LogP contribution < -0.4 is 26.7 Å². The van der Waals surface area contributed by atoms with Gasteiger partial charge in [-0.05, 0) is 30.0 Å². The van der Waals surface area contributed by atoms with E-state index in [0.717, 1.165) is 18.1 Å². The summed E-state index contributed by atoms with van der Waals surface area (Å²) in [5.74, 6) is -4.40. The predicted molar refractivity (Wildman–Crippen MR) is 174 cm³/mol. The molecule has 0 fully saturated rings. The third-order valence-electron chi connectivity index (χ3n) is 7.69. The second-order valence-corrected chi connectivity index (χ2v) is 11.0. The number of carboxylic acid groups (broad SMARTS) is 1. The molecule has 5 rings (SSSR count). The Labute approximate surface area is 273 Å². The van der Waals surface area contributed by atoms with Crippen molar-refractivity contribution in [3.05, 3.63) is 117 Å². The quantitative estimate of drug-likeness (QED) is 0.146. The highest BCUT2D eigenvalue weighted by Gasteiger charge is 2.25. The number of nitrogens with one attached hydrogen (secondary N) is 4. The summed E-state index contributed by atoms with van der Waals surface area (Å²) < 4.78 is 37.9. The Morgan fingerprint density at radius 2 is 1.77 bits per heavy atom. The van der Waals surface area contributed by atoms with E-state index in [9.17, 15) is 24.3 Å². The Morgan fingerprint density at radius 3 is 2.44 bits per heavy atom. The van der Waals surface area contributed by atoms with Crippen LogP contribution in [-0.2, 0) is 35.6 Å². The van der Waals surface area contributed by atoms with Crippen molar-refractivity contribution < 1.29 is 33.0 Å². The minimum atomic E-state index is -1.61. The van der Waals surface area contributed by atoms with Crippen LogP contribution in [0.1, 0.15) is 33.5 Å². The summed E-state index contributed by atoms with van der Waals surface area (Å²) in [5.41, 5.74) is -0.315. The number of aliphatic imine (C=N–C) groups is 1. The molecule has 4 aromatic rings. The van der Waals surface area contributed by atoms with E-state index < -0.39 is 59.5 Å². The first-order valence-electron chi connectivity index (χ1n) is 15.3. The number of hydrogen-bond donors (Lipinski definition) is 5. The Kier molecular flexibility index (Phi) is 11.2. The Hall–Kier alpha value is -5.47. The molecule has 0 saturated heterocycles. The molecule has 1 aliphatic heterocycles. The van der Waals surface area contributed by atoms with Crippen LogP contribution in [0.25, 0.3) is 10.9 Å². The fourth-order valence-electron chi connectivity index (χ4n) is 5.16. The van der Waals surface area contributed by atoms with Crippen LogP contribution in [0.5, 0.6) is 0 Å². The van der Waals surface area contributed by atoms with Crippen molar-refractivity contribution in [1.29, 1.82) is 0 Å². The zero-order valence-corrected chi connectivity index (χ0v) is 25.7.